The number of anilines is 1. The van der Waals surface area contributed by atoms with Crippen molar-refractivity contribution < 1.29 is 24.2 Å². The van der Waals surface area contributed by atoms with Gasteiger partial charge in [-0.15, -0.1) is 0 Å². The first-order valence-electron chi connectivity index (χ1n) is 5.11. The second-order valence-corrected chi connectivity index (χ2v) is 3.80. The van der Waals surface area contributed by atoms with Gasteiger partial charge in [-0.3, -0.25) is 0 Å². The lowest BCUT2D eigenvalue weighted by Crippen LogP contribution is -2.15. The fourth-order valence-corrected chi connectivity index (χ4v) is 1.36. The van der Waals surface area contributed by atoms with Crippen molar-refractivity contribution in [3.8, 4) is 5.75 Å². The Labute approximate surface area is 114 Å². The molecule has 0 saturated carbocycles. The number of phenolic OH excluding ortho intramolecular Hbond substituents is 1. The summed E-state index contributed by atoms with van der Waals surface area (Å²) in [4.78, 5) is 22.6. The summed E-state index contributed by atoms with van der Waals surface area (Å²) in [7, 11) is 2.33. The van der Waals surface area contributed by atoms with Gasteiger partial charge in [0.05, 0.1) is 26.0 Å². The van der Waals surface area contributed by atoms with Gasteiger partial charge >= 0.3 is 11.9 Å². The van der Waals surface area contributed by atoms with Crippen molar-refractivity contribution in [2.75, 3.05) is 19.5 Å². The summed E-state index contributed by atoms with van der Waals surface area (Å²) in [6.07, 6.45) is 0.909. The zero-order valence-electron chi connectivity index (χ0n) is 10.3. The van der Waals surface area contributed by atoms with Gasteiger partial charge in [-0.05, 0) is 18.2 Å². The number of benzene rings is 1. The molecule has 7 heteroatoms. The highest BCUT2D eigenvalue weighted by Gasteiger charge is 2.14. The topological polar surface area (TPSA) is 84.9 Å². The van der Waals surface area contributed by atoms with Crippen molar-refractivity contribution in [2.24, 2.45) is 0 Å². The molecule has 6 nitrogen and oxygen atoms in total. The molecule has 102 valence electrons. The van der Waals surface area contributed by atoms with Gasteiger partial charge in [-0.25, -0.2) is 9.59 Å². The monoisotopic (exact) mass is 285 g/mol. The average molecular weight is 286 g/mol. The predicted molar refractivity (Wildman–Crippen MR) is 68.9 cm³/mol. The fraction of sp³-hybridized carbons (Fsp3) is 0.167. The van der Waals surface area contributed by atoms with Gasteiger partial charge in [-0.2, -0.15) is 0 Å². The molecular formula is C12H12ClNO5. The number of hydrogen-bond donors (Lipinski definition) is 2. The molecule has 0 amide bonds. The maximum atomic E-state index is 11.5. The van der Waals surface area contributed by atoms with E-state index in [0.717, 1.165) is 13.2 Å². The van der Waals surface area contributed by atoms with Crippen LogP contribution in [0.1, 0.15) is 0 Å². The summed E-state index contributed by atoms with van der Waals surface area (Å²) in [5.41, 5.74) is -0.0278. The van der Waals surface area contributed by atoms with Crippen LogP contribution in [0.3, 0.4) is 0 Å². The Morgan fingerprint density at radius 3 is 2.58 bits per heavy atom. The second kappa shape index (κ2) is 6.65. The third kappa shape index (κ3) is 4.18. The first-order valence-corrected chi connectivity index (χ1v) is 5.49. The van der Waals surface area contributed by atoms with Crippen molar-refractivity contribution in [3.05, 3.63) is 35.0 Å². The number of carbonyl (C=O) groups is 2. The quantitative estimate of drug-likeness (QED) is 0.497. The molecule has 0 fully saturated rings. The van der Waals surface area contributed by atoms with Gasteiger partial charge in [-0.1, -0.05) is 11.6 Å². The predicted octanol–water partition coefficient (Wildman–Crippen LogP) is 1.69. The SMILES string of the molecule is COC(=O)/C=C(/Nc1cc(Cl)ccc1O)C(=O)OC. The molecule has 19 heavy (non-hydrogen) atoms. The Hall–Kier alpha value is -2.21. The van der Waals surface area contributed by atoms with E-state index in [9.17, 15) is 14.7 Å². The van der Waals surface area contributed by atoms with Gasteiger partial charge in [0.2, 0.25) is 0 Å². The Kier molecular flexibility index (Phi) is 5.20. The minimum Gasteiger partial charge on any atom is -0.506 e. The van der Waals surface area contributed by atoms with E-state index in [1.807, 2.05) is 0 Å². The molecule has 0 aromatic heterocycles. The van der Waals surface area contributed by atoms with Crippen molar-refractivity contribution in [1.29, 1.82) is 0 Å². The minimum atomic E-state index is -0.787. The zero-order chi connectivity index (χ0) is 14.4. The van der Waals surface area contributed by atoms with Crippen LogP contribution in [-0.2, 0) is 19.1 Å². The van der Waals surface area contributed by atoms with E-state index >= 15 is 0 Å². The van der Waals surface area contributed by atoms with Gasteiger partial charge in [0.25, 0.3) is 0 Å². The van der Waals surface area contributed by atoms with Crippen LogP contribution < -0.4 is 5.32 Å². The molecule has 0 atom stereocenters. The number of rotatable bonds is 4. The lowest BCUT2D eigenvalue weighted by atomic mass is 10.2. The summed E-state index contributed by atoms with van der Waals surface area (Å²) in [6, 6.07) is 4.21. The Balaban J connectivity index is 3.07. The van der Waals surface area contributed by atoms with E-state index < -0.39 is 11.9 Å². The molecule has 0 aliphatic carbocycles. The van der Waals surface area contributed by atoms with E-state index in [0.29, 0.717) is 5.02 Å². The normalized spacial score (nSPS) is 10.8. The molecule has 0 radical (unpaired) electrons. The molecule has 0 unspecified atom stereocenters. The fourth-order valence-electron chi connectivity index (χ4n) is 1.19. The van der Waals surface area contributed by atoms with Crippen LogP contribution in [0.25, 0.3) is 0 Å². The third-order valence-electron chi connectivity index (χ3n) is 2.10. The number of methoxy groups -OCH3 is 2. The average Bonchev–Trinajstić information content (AvgIpc) is 2.40. The van der Waals surface area contributed by atoms with Crippen LogP contribution in [-0.4, -0.2) is 31.3 Å². The molecule has 1 rings (SSSR count). The molecule has 1 aromatic carbocycles. The molecule has 0 aliphatic rings. The highest BCUT2D eigenvalue weighted by Crippen LogP contribution is 2.27. The standard InChI is InChI=1S/C12H12ClNO5/c1-18-11(16)6-9(12(17)19-2)14-8-5-7(13)3-4-10(8)15/h3-6,14-15H,1-2H3/b9-6+. The molecule has 2 N–H and O–H groups in total. The Bertz CT molecular complexity index is 527. The van der Waals surface area contributed by atoms with Crippen LogP contribution in [0.2, 0.25) is 5.02 Å². The van der Waals surface area contributed by atoms with Crippen molar-refractivity contribution in [2.45, 2.75) is 0 Å². The minimum absolute atomic E-state index is 0.135. The molecule has 0 spiro atoms. The Morgan fingerprint density at radius 2 is 2.00 bits per heavy atom. The lowest BCUT2D eigenvalue weighted by Gasteiger charge is -2.10. The molecule has 0 bridgehead atoms. The van der Waals surface area contributed by atoms with Gasteiger partial charge < -0.3 is 19.9 Å². The smallest absolute Gasteiger partial charge is 0.354 e. The van der Waals surface area contributed by atoms with Crippen LogP contribution in [0, 0.1) is 0 Å². The van der Waals surface area contributed by atoms with E-state index in [2.05, 4.69) is 14.8 Å². The number of carbonyl (C=O) groups excluding carboxylic acids is 2. The van der Waals surface area contributed by atoms with Crippen molar-refractivity contribution >= 4 is 29.2 Å². The van der Waals surface area contributed by atoms with Crippen LogP contribution in [0.15, 0.2) is 30.0 Å². The summed E-state index contributed by atoms with van der Waals surface area (Å²) in [5.74, 6) is -1.66. The number of ether oxygens (including phenoxy) is 2. The number of esters is 2. The van der Waals surface area contributed by atoms with E-state index in [4.69, 9.17) is 11.6 Å². The first-order chi connectivity index (χ1) is 8.97. The molecule has 0 heterocycles. The number of hydrogen-bond acceptors (Lipinski definition) is 6. The maximum absolute atomic E-state index is 11.5. The highest BCUT2D eigenvalue weighted by atomic mass is 35.5. The zero-order valence-corrected chi connectivity index (χ0v) is 11.0. The highest BCUT2D eigenvalue weighted by molar-refractivity contribution is 6.31. The van der Waals surface area contributed by atoms with Crippen LogP contribution in [0.5, 0.6) is 5.75 Å². The maximum Gasteiger partial charge on any atom is 0.354 e. The van der Waals surface area contributed by atoms with Crippen molar-refractivity contribution in [3.63, 3.8) is 0 Å². The number of nitrogens with one attached hydrogen (secondary N) is 1. The van der Waals surface area contributed by atoms with Gasteiger partial charge in [0.1, 0.15) is 11.4 Å². The first kappa shape index (κ1) is 14.8. The summed E-state index contributed by atoms with van der Waals surface area (Å²) >= 11 is 5.77. The van der Waals surface area contributed by atoms with E-state index in [-0.39, 0.29) is 17.1 Å². The summed E-state index contributed by atoms with van der Waals surface area (Å²) < 4.78 is 8.92. The lowest BCUT2D eigenvalue weighted by molar-refractivity contribution is -0.138. The van der Waals surface area contributed by atoms with Gasteiger partial charge in [0.15, 0.2) is 0 Å². The third-order valence-corrected chi connectivity index (χ3v) is 2.33. The molecule has 0 aliphatic heterocycles. The van der Waals surface area contributed by atoms with Crippen LogP contribution in [0.4, 0.5) is 5.69 Å². The molecular weight excluding hydrogens is 274 g/mol. The largest absolute Gasteiger partial charge is 0.506 e. The second-order valence-electron chi connectivity index (χ2n) is 3.36. The number of halogens is 1. The van der Waals surface area contributed by atoms with E-state index in [1.165, 1.54) is 25.3 Å². The summed E-state index contributed by atoms with van der Waals surface area (Å²) in [5, 5.41) is 12.5. The van der Waals surface area contributed by atoms with Crippen LogP contribution >= 0.6 is 11.6 Å². The van der Waals surface area contributed by atoms with E-state index in [1.54, 1.807) is 0 Å². The van der Waals surface area contributed by atoms with Gasteiger partial charge in [0, 0.05) is 5.02 Å². The van der Waals surface area contributed by atoms with Crippen molar-refractivity contribution in [1.82, 2.24) is 0 Å². The number of aromatic hydroxyl groups is 1. The number of phenols is 1. The Morgan fingerprint density at radius 1 is 1.32 bits per heavy atom. The molecule has 1 aromatic rings. The molecule has 0 saturated heterocycles. The summed E-state index contributed by atoms with van der Waals surface area (Å²) in [6.45, 7) is 0.